The predicted molar refractivity (Wildman–Crippen MR) is 78.4 cm³/mol. The van der Waals surface area contributed by atoms with Crippen LogP contribution in [-0.2, 0) is 4.79 Å². The molecule has 1 aliphatic rings. The highest BCUT2D eigenvalue weighted by Gasteiger charge is 2.38. The van der Waals surface area contributed by atoms with Gasteiger partial charge in [0, 0.05) is 18.2 Å². The van der Waals surface area contributed by atoms with E-state index >= 15 is 0 Å². The third-order valence-corrected chi connectivity index (χ3v) is 3.81. The summed E-state index contributed by atoms with van der Waals surface area (Å²) in [5.74, 6) is -0.710. The first-order chi connectivity index (χ1) is 9.90. The monoisotopic (exact) mass is 291 g/mol. The van der Waals surface area contributed by atoms with E-state index in [0.717, 1.165) is 5.75 Å². The van der Waals surface area contributed by atoms with Gasteiger partial charge in [-0.3, -0.25) is 9.59 Å². The second kappa shape index (κ2) is 6.16. The Morgan fingerprint density at radius 3 is 2.38 bits per heavy atom. The molecule has 1 aromatic rings. The van der Waals surface area contributed by atoms with Gasteiger partial charge in [0.15, 0.2) is 0 Å². The van der Waals surface area contributed by atoms with E-state index in [9.17, 15) is 9.59 Å². The van der Waals surface area contributed by atoms with E-state index in [1.54, 1.807) is 36.1 Å². The number of rotatable bonds is 4. The van der Waals surface area contributed by atoms with E-state index < -0.39 is 11.9 Å². The van der Waals surface area contributed by atoms with Gasteiger partial charge in [0.2, 0.25) is 0 Å². The van der Waals surface area contributed by atoms with E-state index in [0.29, 0.717) is 18.5 Å². The molecule has 2 unspecified atom stereocenters. The largest absolute Gasteiger partial charge is 0.491 e. The van der Waals surface area contributed by atoms with E-state index in [2.05, 4.69) is 0 Å². The second-order valence-corrected chi connectivity index (χ2v) is 5.66. The quantitative estimate of drug-likeness (QED) is 0.925. The van der Waals surface area contributed by atoms with Crippen LogP contribution in [-0.4, -0.2) is 40.6 Å². The minimum atomic E-state index is -0.835. The number of hydrogen-bond donors (Lipinski definition) is 1. The van der Waals surface area contributed by atoms with Crippen LogP contribution in [0.2, 0.25) is 0 Å². The zero-order chi connectivity index (χ0) is 15.6. The summed E-state index contributed by atoms with van der Waals surface area (Å²) in [7, 11) is 0. The molecule has 5 nitrogen and oxygen atoms in total. The maximum absolute atomic E-state index is 12.5. The van der Waals surface area contributed by atoms with Gasteiger partial charge >= 0.3 is 5.97 Å². The molecule has 114 valence electrons. The number of likely N-dealkylation sites (tertiary alicyclic amines) is 1. The lowest BCUT2D eigenvalue weighted by Crippen LogP contribution is -2.37. The summed E-state index contributed by atoms with van der Waals surface area (Å²) in [4.78, 5) is 25.2. The van der Waals surface area contributed by atoms with Crippen LogP contribution in [0.1, 0.15) is 37.6 Å². The number of benzene rings is 1. The maximum Gasteiger partial charge on any atom is 0.308 e. The molecule has 1 aromatic carbocycles. The lowest BCUT2D eigenvalue weighted by atomic mass is 10.0. The van der Waals surface area contributed by atoms with Gasteiger partial charge in [0.25, 0.3) is 5.91 Å². The highest BCUT2D eigenvalue weighted by molar-refractivity contribution is 5.95. The van der Waals surface area contributed by atoms with Crippen molar-refractivity contribution in [3.63, 3.8) is 0 Å². The number of carboxylic acids is 1. The van der Waals surface area contributed by atoms with Crippen molar-refractivity contribution in [1.82, 2.24) is 4.90 Å². The summed E-state index contributed by atoms with van der Waals surface area (Å²) >= 11 is 0. The van der Waals surface area contributed by atoms with E-state index in [4.69, 9.17) is 9.84 Å². The average Bonchev–Trinajstić information content (AvgIpc) is 2.80. The van der Waals surface area contributed by atoms with Gasteiger partial charge in [0.05, 0.1) is 12.0 Å². The average molecular weight is 291 g/mol. The molecule has 1 fully saturated rings. The summed E-state index contributed by atoms with van der Waals surface area (Å²) in [6, 6.07) is 6.70. The molecule has 1 N–H and O–H groups in total. The van der Waals surface area contributed by atoms with Crippen molar-refractivity contribution in [1.29, 1.82) is 0 Å². The lowest BCUT2D eigenvalue weighted by molar-refractivity contribution is -0.142. The fourth-order valence-electron chi connectivity index (χ4n) is 2.67. The summed E-state index contributed by atoms with van der Waals surface area (Å²) in [5.41, 5.74) is 0.559. The predicted octanol–water partition coefficient (Wildman–Crippen LogP) is 2.41. The molecule has 2 atom stereocenters. The number of ether oxygens (including phenoxy) is 1. The van der Waals surface area contributed by atoms with Crippen molar-refractivity contribution in [2.75, 3.05) is 6.54 Å². The highest BCUT2D eigenvalue weighted by Crippen LogP contribution is 2.26. The number of nitrogens with zero attached hydrogens (tertiary/aromatic N) is 1. The molecule has 21 heavy (non-hydrogen) atoms. The number of carboxylic acid groups (broad SMARTS) is 1. The Kier molecular flexibility index (Phi) is 4.50. The Morgan fingerprint density at radius 2 is 1.90 bits per heavy atom. The van der Waals surface area contributed by atoms with Crippen molar-refractivity contribution >= 4 is 11.9 Å². The van der Waals surface area contributed by atoms with Crippen LogP contribution in [0.3, 0.4) is 0 Å². The third-order valence-electron chi connectivity index (χ3n) is 3.81. The molecule has 0 bridgehead atoms. The molecule has 5 heteroatoms. The number of amides is 1. The summed E-state index contributed by atoms with van der Waals surface area (Å²) in [5, 5.41) is 9.12. The molecule has 0 aromatic heterocycles. The van der Waals surface area contributed by atoms with Crippen LogP contribution < -0.4 is 4.74 Å². The normalized spacial score (nSPS) is 21.6. The van der Waals surface area contributed by atoms with Gasteiger partial charge in [-0.25, -0.2) is 0 Å². The Labute approximate surface area is 124 Å². The molecule has 0 radical (unpaired) electrons. The van der Waals surface area contributed by atoms with Crippen molar-refractivity contribution in [2.45, 2.75) is 39.3 Å². The fraction of sp³-hybridized carbons (Fsp3) is 0.500. The Bertz CT molecular complexity index is 524. The van der Waals surface area contributed by atoms with Crippen LogP contribution in [0.25, 0.3) is 0 Å². The van der Waals surface area contributed by atoms with Gasteiger partial charge in [0.1, 0.15) is 5.75 Å². The smallest absolute Gasteiger partial charge is 0.308 e. The van der Waals surface area contributed by atoms with Gasteiger partial charge in [-0.1, -0.05) is 0 Å². The van der Waals surface area contributed by atoms with Gasteiger partial charge < -0.3 is 14.7 Å². The topological polar surface area (TPSA) is 66.8 Å². The van der Waals surface area contributed by atoms with Gasteiger partial charge in [-0.05, 0) is 51.5 Å². The molecule has 1 heterocycles. The molecule has 0 saturated carbocycles. The van der Waals surface area contributed by atoms with Crippen molar-refractivity contribution in [3.8, 4) is 5.75 Å². The summed E-state index contributed by atoms with van der Waals surface area (Å²) in [6.07, 6.45) is 0.595. The first-order valence-electron chi connectivity index (χ1n) is 7.20. The van der Waals surface area contributed by atoms with Crippen LogP contribution in [0.15, 0.2) is 24.3 Å². The van der Waals surface area contributed by atoms with Crippen LogP contribution >= 0.6 is 0 Å². The van der Waals surface area contributed by atoms with Gasteiger partial charge in [-0.15, -0.1) is 0 Å². The Hall–Kier alpha value is -2.04. The number of aliphatic carboxylic acids is 1. The molecule has 1 aliphatic heterocycles. The fourth-order valence-corrected chi connectivity index (χ4v) is 2.67. The minimum absolute atomic E-state index is 0.0847. The van der Waals surface area contributed by atoms with Crippen molar-refractivity contribution in [3.05, 3.63) is 29.8 Å². The number of hydrogen-bond acceptors (Lipinski definition) is 3. The second-order valence-electron chi connectivity index (χ2n) is 5.66. The molecule has 2 rings (SSSR count). The van der Waals surface area contributed by atoms with Crippen LogP contribution in [0.4, 0.5) is 0 Å². The van der Waals surface area contributed by atoms with Crippen LogP contribution in [0, 0.1) is 5.92 Å². The van der Waals surface area contributed by atoms with Crippen LogP contribution in [0.5, 0.6) is 5.75 Å². The molecular formula is C16H21NO4. The first-order valence-corrected chi connectivity index (χ1v) is 7.20. The molecule has 1 amide bonds. The Balaban J connectivity index is 2.08. The Morgan fingerprint density at radius 1 is 1.29 bits per heavy atom. The first kappa shape index (κ1) is 15.4. The van der Waals surface area contributed by atoms with Gasteiger partial charge in [-0.2, -0.15) is 0 Å². The standard InChI is InChI=1S/C16H21NO4/c1-10(2)21-13-6-4-12(5-7-13)15(18)17-9-8-14(11(17)3)16(19)20/h4-7,10-11,14H,8-9H2,1-3H3,(H,19,20). The van der Waals surface area contributed by atoms with E-state index in [-0.39, 0.29) is 18.1 Å². The van der Waals surface area contributed by atoms with Crippen molar-refractivity contribution < 1.29 is 19.4 Å². The summed E-state index contributed by atoms with van der Waals surface area (Å²) < 4.78 is 5.54. The molecule has 1 saturated heterocycles. The molecular weight excluding hydrogens is 270 g/mol. The molecule has 0 spiro atoms. The SMILES string of the molecule is CC(C)Oc1ccc(C(=O)N2CCC(C(=O)O)C2C)cc1. The number of carbonyl (C=O) groups excluding carboxylic acids is 1. The zero-order valence-electron chi connectivity index (χ0n) is 12.6. The molecule has 0 aliphatic carbocycles. The zero-order valence-corrected chi connectivity index (χ0v) is 12.6. The van der Waals surface area contributed by atoms with E-state index in [1.165, 1.54) is 0 Å². The van der Waals surface area contributed by atoms with E-state index in [1.807, 2.05) is 13.8 Å². The maximum atomic E-state index is 12.5. The number of carbonyl (C=O) groups is 2. The minimum Gasteiger partial charge on any atom is -0.491 e. The lowest BCUT2D eigenvalue weighted by Gasteiger charge is -2.23. The third kappa shape index (κ3) is 3.35. The summed E-state index contributed by atoms with van der Waals surface area (Å²) in [6.45, 7) is 6.16. The highest BCUT2D eigenvalue weighted by atomic mass is 16.5. The van der Waals surface area contributed by atoms with Crippen molar-refractivity contribution in [2.24, 2.45) is 5.92 Å².